The van der Waals surface area contributed by atoms with Gasteiger partial charge in [0.05, 0.1) is 11.3 Å². The molecule has 0 atom stereocenters. The zero-order valence-electron chi connectivity index (χ0n) is 18.2. The van der Waals surface area contributed by atoms with Gasteiger partial charge in [0.1, 0.15) is 0 Å². The van der Waals surface area contributed by atoms with Crippen molar-refractivity contribution in [3.05, 3.63) is 65.2 Å². The molecule has 0 aromatic heterocycles. The van der Waals surface area contributed by atoms with Crippen LogP contribution in [0.3, 0.4) is 0 Å². The molecule has 0 saturated carbocycles. The summed E-state index contributed by atoms with van der Waals surface area (Å²) in [5.74, 6) is -1.35. The summed E-state index contributed by atoms with van der Waals surface area (Å²) in [6.45, 7) is 2.25. The van der Waals surface area contributed by atoms with E-state index in [0.717, 1.165) is 6.42 Å². The largest absolute Gasteiger partial charge is 0.478 e. The van der Waals surface area contributed by atoms with Gasteiger partial charge in [0, 0.05) is 5.56 Å². The van der Waals surface area contributed by atoms with Crippen molar-refractivity contribution in [2.24, 2.45) is 0 Å². The van der Waals surface area contributed by atoms with E-state index in [9.17, 15) is 14.7 Å². The van der Waals surface area contributed by atoms with Gasteiger partial charge in [-0.15, -0.1) is 0 Å². The maximum Gasteiger partial charge on any atom is 0.337 e. The summed E-state index contributed by atoms with van der Waals surface area (Å²) in [5.41, 5.74) is 2.16. The third-order valence-corrected chi connectivity index (χ3v) is 5.44. The average Bonchev–Trinajstić information content (AvgIpc) is 2.75. The second kappa shape index (κ2) is 13.6. The molecule has 2 rings (SSSR count). The quantitative estimate of drug-likeness (QED) is 0.327. The summed E-state index contributed by atoms with van der Waals surface area (Å²) in [6.07, 6.45) is 14.3. The smallest absolute Gasteiger partial charge is 0.337 e. The number of carbonyl (C=O) groups excluding carboxylic acids is 1. The van der Waals surface area contributed by atoms with Crippen LogP contribution in [0.1, 0.15) is 97.4 Å². The minimum absolute atomic E-state index is 0.0865. The van der Waals surface area contributed by atoms with Crippen molar-refractivity contribution in [3.8, 4) is 0 Å². The van der Waals surface area contributed by atoms with Crippen LogP contribution in [0.15, 0.2) is 48.5 Å². The van der Waals surface area contributed by atoms with Crippen molar-refractivity contribution in [2.45, 2.75) is 77.6 Å². The summed E-state index contributed by atoms with van der Waals surface area (Å²) >= 11 is 0. The molecule has 0 radical (unpaired) electrons. The molecule has 0 spiro atoms. The van der Waals surface area contributed by atoms with Crippen molar-refractivity contribution in [1.82, 2.24) is 0 Å². The zero-order valence-corrected chi connectivity index (χ0v) is 18.2. The molecule has 0 unspecified atom stereocenters. The monoisotopic (exact) mass is 409 g/mol. The molecular weight excluding hydrogens is 374 g/mol. The summed E-state index contributed by atoms with van der Waals surface area (Å²) in [6, 6.07) is 14.0. The van der Waals surface area contributed by atoms with Gasteiger partial charge in [-0.05, 0) is 42.7 Å². The number of rotatable bonds is 14. The van der Waals surface area contributed by atoms with Gasteiger partial charge < -0.3 is 10.4 Å². The number of hydrogen-bond donors (Lipinski definition) is 2. The van der Waals surface area contributed by atoms with E-state index in [2.05, 4.69) is 12.2 Å². The first-order valence-electron chi connectivity index (χ1n) is 11.3. The first-order valence-corrected chi connectivity index (χ1v) is 11.3. The topological polar surface area (TPSA) is 66.4 Å². The highest BCUT2D eigenvalue weighted by Gasteiger charge is 2.12. The Bertz CT molecular complexity index is 783. The molecule has 30 heavy (non-hydrogen) atoms. The van der Waals surface area contributed by atoms with Crippen molar-refractivity contribution in [1.29, 1.82) is 0 Å². The predicted molar refractivity (Wildman–Crippen MR) is 123 cm³/mol. The Kier molecular flexibility index (Phi) is 10.7. The van der Waals surface area contributed by atoms with Gasteiger partial charge in [-0.25, -0.2) is 4.79 Å². The minimum Gasteiger partial charge on any atom is -0.478 e. The molecule has 2 aromatic rings. The summed E-state index contributed by atoms with van der Waals surface area (Å²) in [7, 11) is 0. The number of unbranched alkanes of at least 4 members (excludes halogenated alkanes) is 9. The normalized spacial score (nSPS) is 10.7. The highest BCUT2D eigenvalue weighted by molar-refractivity contribution is 6.07. The van der Waals surface area contributed by atoms with E-state index in [1.165, 1.54) is 75.8 Å². The first kappa shape index (κ1) is 23.7. The Hall–Kier alpha value is -2.62. The van der Waals surface area contributed by atoms with Gasteiger partial charge in [-0.2, -0.15) is 0 Å². The Balaban J connectivity index is 1.69. The minimum atomic E-state index is -1.06. The van der Waals surface area contributed by atoms with Crippen LogP contribution in [0.25, 0.3) is 0 Å². The van der Waals surface area contributed by atoms with Crippen LogP contribution in [0.2, 0.25) is 0 Å². The van der Waals surface area contributed by atoms with Gasteiger partial charge in [-0.3, -0.25) is 4.79 Å². The highest BCUT2D eigenvalue weighted by Crippen LogP contribution is 2.17. The molecule has 0 saturated heterocycles. The Morgan fingerprint density at radius 2 is 1.33 bits per heavy atom. The fourth-order valence-corrected chi connectivity index (χ4v) is 3.61. The molecule has 1 amide bonds. The number of hydrogen-bond acceptors (Lipinski definition) is 2. The van der Waals surface area contributed by atoms with Crippen LogP contribution in [-0.2, 0) is 6.42 Å². The number of amides is 1. The fraction of sp³-hybridized carbons (Fsp3) is 0.462. The molecule has 4 nitrogen and oxygen atoms in total. The summed E-state index contributed by atoms with van der Waals surface area (Å²) in [5, 5.41) is 11.9. The first-order chi connectivity index (χ1) is 14.6. The van der Waals surface area contributed by atoms with Crippen LogP contribution in [0, 0.1) is 0 Å². The van der Waals surface area contributed by atoms with E-state index in [-0.39, 0.29) is 11.5 Å². The molecule has 0 heterocycles. The second-order valence-electron chi connectivity index (χ2n) is 7.93. The van der Waals surface area contributed by atoms with Crippen LogP contribution < -0.4 is 5.32 Å². The van der Waals surface area contributed by atoms with E-state index in [0.29, 0.717) is 11.3 Å². The average molecular weight is 410 g/mol. The van der Waals surface area contributed by atoms with Gasteiger partial charge in [0.25, 0.3) is 5.91 Å². The highest BCUT2D eigenvalue weighted by atomic mass is 16.4. The number of para-hydroxylation sites is 1. The number of benzene rings is 2. The Morgan fingerprint density at radius 3 is 1.93 bits per heavy atom. The van der Waals surface area contributed by atoms with Gasteiger partial charge in [-0.1, -0.05) is 89.0 Å². The lowest BCUT2D eigenvalue weighted by molar-refractivity contribution is 0.0698. The maximum absolute atomic E-state index is 12.4. The number of carbonyl (C=O) groups is 2. The second-order valence-corrected chi connectivity index (χ2v) is 7.93. The molecule has 0 bridgehead atoms. The molecule has 2 N–H and O–H groups in total. The van der Waals surface area contributed by atoms with E-state index < -0.39 is 5.97 Å². The summed E-state index contributed by atoms with van der Waals surface area (Å²) in [4.78, 5) is 23.7. The van der Waals surface area contributed by atoms with Crippen LogP contribution >= 0.6 is 0 Å². The standard InChI is InChI=1S/C26H35NO3/c1-2-3-4-5-6-7-8-9-10-11-14-21-17-19-22(20-18-21)25(28)27-24-16-13-12-15-23(24)26(29)30/h12-13,15-20H,2-11,14H2,1H3,(H,27,28)(H,29,30). The molecular formula is C26H35NO3. The lowest BCUT2D eigenvalue weighted by Crippen LogP contribution is -2.14. The van der Waals surface area contributed by atoms with Crippen molar-refractivity contribution in [2.75, 3.05) is 5.32 Å². The van der Waals surface area contributed by atoms with E-state index in [1.54, 1.807) is 18.2 Å². The molecule has 0 aliphatic heterocycles. The van der Waals surface area contributed by atoms with Crippen LogP contribution in [0.4, 0.5) is 5.69 Å². The van der Waals surface area contributed by atoms with Gasteiger partial charge in [0.2, 0.25) is 0 Å². The Morgan fingerprint density at radius 1 is 0.767 bits per heavy atom. The van der Waals surface area contributed by atoms with Crippen LogP contribution in [-0.4, -0.2) is 17.0 Å². The molecule has 4 heteroatoms. The fourth-order valence-electron chi connectivity index (χ4n) is 3.61. The van der Waals surface area contributed by atoms with Gasteiger partial charge >= 0.3 is 5.97 Å². The van der Waals surface area contributed by atoms with Crippen molar-refractivity contribution < 1.29 is 14.7 Å². The lowest BCUT2D eigenvalue weighted by Gasteiger charge is -2.09. The van der Waals surface area contributed by atoms with E-state index in [4.69, 9.17) is 0 Å². The van der Waals surface area contributed by atoms with E-state index in [1.807, 2.05) is 24.3 Å². The number of anilines is 1. The number of carboxylic acid groups (broad SMARTS) is 1. The summed E-state index contributed by atoms with van der Waals surface area (Å²) < 4.78 is 0. The molecule has 0 fully saturated rings. The third kappa shape index (κ3) is 8.40. The lowest BCUT2D eigenvalue weighted by atomic mass is 10.0. The maximum atomic E-state index is 12.4. The number of aromatic carboxylic acids is 1. The third-order valence-electron chi connectivity index (χ3n) is 5.44. The van der Waals surface area contributed by atoms with Crippen molar-refractivity contribution in [3.63, 3.8) is 0 Å². The SMILES string of the molecule is CCCCCCCCCCCCc1ccc(C(=O)Nc2ccccc2C(=O)O)cc1. The predicted octanol–water partition coefficient (Wildman–Crippen LogP) is 7.10. The van der Waals surface area contributed by atoms with E-state index >= 15 is 0 Å². The molecule has 2 aromatic carbocycles. The Labute approximate surface area is 180 Å². The number of nitrogens with one attached hydrogen (secondary N) is 1. The van der Waals surface area contributed by atoms with Gasteiger partial charge in [0.15, 0.2) is 0 Å². The number of aryl methyl sites for hydroxylation is 1. The molecule has 162 valence electrons. The molecule has 0 aliphatic rings. The zero-order chi connectivity index (χ0) is 21.6. The van der Waals surface area contributed by atoms with Crippen LogP contribution in [0.5, 0.6) is 0 Å². The number of carboxylic acids is 1. The molecule has 0 aliphatic carbocycles. The van der Waals surface area contributed by atoms with Crippen molar-refractivity contribution >= 4 is 17.6 Å².